The van der Waals surface area contributed by atoms with Crippen LogP contribution in [0.5, 0.6) is 0 Å². The lowest BCUT2D eigenvalue weighted by atomic mass is 10.1. The molecule has 0 fully saturated rings. The van der Waals surface area contributed by atoms with Crippen LogP contribution in [0.2, 0.25) is 0 Å². The highest BCUT2D eigenvalue weighted by Gasteiger charge is 2.66. The highest BCUT2D eigenvalue weighted by atomic mass is 32.1. The van der Waals surface area contributed by atoms with Gasteiger partial charge in [-0.2, -0.15) is 48.3 Å². The van der Waals surface area contributed by atoms with Crippen LogP contribution in [-0.4, -0.2) is 29.6 Å². The molecule has 124 valence electrons. The Labute approximate surface area is 113 Å². The van der Waals surface area contributed by atoms with E-state index in [1.165, 1.54) is 0 Å². The summed E-state index contributed by atoms with van der Waals surface area (Å²) in [6.07, 6.45) is -19.9. The van der Waals surface area contributed by atoms with Crippen molar-refractivity contribution < 1.29 is 48.3 Å². The lowest BCUT2D eigenvalue weighted by Crippen LogP contribution is -2.49. The molecule has 0 spiro atoms. The van der Waals surface area contributed by atoms with E-state index in [0.29, 0.717) is 5.32 Å². The monoisotopic (exact) mass is 356 g/mol. The van der Waals surface area contributed by atoms with Crippen LogP contribution in [0.1, 0.15) is 0 Å². The van der Waals surface area contributed by atoms with Crippen molar-refractivity contribution in [2.75, 3.05) is 0 Å². The standard InChI is InChI=1S/C7H3F11N2S/c8-4(9,7(16,17)18)2(20-3(19)21)1(5(10,11)12)6(13,14)15/h(H3,19,20,21). The zero-order valence-corrected chi connectivity index (χ0v) is 9.96. The molecule has 3 N–H and O–H groups in total. The van der Waals surface area contributed by atoms with Crippen LogP contribution in [0, 0.1) is 0 Å². The Kier molecular flexibility index (Phi) is 5.11. The Bertz CT molecular complexity index is 425. The lowest BCUT2D eigenvalue weighted by Gasteiger charge is -2.27. The second-order valence-electron chi connectivity index (χ2n) is 3.31. The molecule has 2 nitrogen and oxygen atoms in total. The van der Waals surface area contributed by atoms with Gasteiger partial charge in [0.15, 0.2) is 10.7 Å². The van der Waals surface area contributed by atoms with Crippen LogP contribution in [0.3, 0.4) is 0 Å². The Balaban J connectivity index is 6.60. The molecule has 0 bridgehead atoms. The summed E-state index contributed by atoms with van der Waals surface area (Å²) in [6.45, 7) is 0. The quantitative estimate of drug-likeness (QED) is 0.589. The first-order chi connectivity index (χ1) is 8.92. The lowest BCUT2D eigenvalue weighted by molar-refractivity contribution is -0.269. The summed E-state index contributed by atoms with van der Waals surface area (Å²) in [4.78, 5) is 0. The second-order valence-corrected chi connectivity index (χ2v) is 3.75. The van der Waals surface area contributed by atoms with Crippen molar-refractivity contribution in [1.29, 1.82) is 0 Å². The minimum absolute atomic E-state index is 0.419. The third-order valence-corrected chi connectivity index (χ3v) is 1.84. The van der Waals surface area contributed by atoms with Crippen LogP contribution in [-0.2, 0) is 0 Å². The molecule has 0 rings (SSSR count). The summed E-state index contributed by atoms with van der Waals surface area (Å²) in [5.41, 5.74) is -3.22. The van der Waals surface area contributed by atoms with Crippen molar-refractivity contribution in [2.45, 2.75) is 24.5 Å². The molecule has 14 heteroatoms. The fraction of sp³-hybridized carbons (Fsp3) is 0.571. The van der Waals surface area contributed by atoms with Crippen molar-refractivity contribution in [3.05, 3.63) is 11.3 Å². The first kappa shape index (κ1) is 19.7. The van der Waals surface area contributed by atoms with Crippen LogP contribution >= 0.6 is 12.2 Å². The van der Waals surface area contributed by atoms with Crippen LogP contribution in [0.4, 0.5) is 48.3 Å². The molecule has 0 heterocycles. The van der Waals surface area contributed by atoms with E-state index >= 15 is 0 Å². The second kappa shape index (κ2) is 5.46. The maximum atomic E-state index is 12.9. The van der Waals surface area contributed by atoms with E-state index in [9.17, 15) is 48.3 Å². The molecule has 0 saturated carbocycles. The van der Waals surface area contributed by atoms with Gasteiger partial charge in [-0.15, -0.1) is 0 Å². The predicted molar refractivity (Wildman–Crippen MR) is 50.1 cm³/mol. The van der Waals surface area contributed by atoms with Gasteiger partial charge in [0, 0.05) is 0 Å². The molecule has 0 saturated heterocycles. The van der Waals surface area contributed by atoms with Gasteiger partial charge in [0.1, 0.15) is 5.70 Å². The van der Waals surface area contributed by atoms with Gasteiger partial charge in [0.05, 0.1) is 0 Å². The average molecular weight is 356 g/mol. The summed E-state index contributed by atoms with van der Waals surface area (Å²) >= 11 is 3.73. The van der Waals surface area contributed by atoms with Crippen molar-refractivity contribution in [3.8, 4) is 0 Å². The molecule has 0 aliphatic rings. The number of nitrogens with one attached hydrogen (secondary N) is 1. The number of alkyl halides is 11. The smallest absolute Gasteiger partial charge is 0.376 e. The van der Waals surface area contributed by atoms with E-state index in [1.807, 2.05) is 0 Å². The summed E-state index contributed by atoms with van der Waals surface area (Å²) in [7, 11) is 0. The molecular formula is C7H3F11N2S. The Hall–Kier alpha value is -1.34. The van der Waals surface area contributed by atoms with Gasteiger partial charge in [0.25, 0.3) is 0 Å². The molecule has 0 aromatic rings. The van der Waals surface area contributed by atoms with Crippen molar-refractivity contribution in [2.24, 2.45) is 5.73 Å². The van der Waals surface area contributed by atoms with E-state index in [0.717, 1.165) is 0 Å². The maximum absolute atomic E-state index is 12.9. The Morgan fingerprint density at radius 2 is 1.10 bits per heavy atom. The Morgan fingerprint density at radius 3 is 1.29 bits per heavy atom. The van der Waals surface area contributed by atoms with Crippen molar-refractivity contribution in [3.63, 3.8) is 0 Å². The summed E-state index contributed by atoms with van der Waals surface area (Å²) < 4.78 is 135. The van der Waals surface area contributed by atoms with Crippen LogP contribution in [0.15, 0.2) is 11.3 Å². The summed E-state index contributed by atoms with van der Waals surface area (Å²) in [5.74, 6) is -6.52. The largest absolute Gasteiger partial charge is 0.459 e. The molecule has 0 amide bonds. The third kappa shape index (κ3) is 4.57. The zero-order chi connectivity index (χ0) is 17.4. The maximum Gasteiger partial charge on any atom is 0.459 e. The molecular weight excluding hydrogens is 353 g/mol. The van der Waals surface area contributed by atoms with Crippen molar-refractivity contribution in [1.82, 2.24) is 5.32 Å². The predicted octanol–water partition coefficient (Wildman–Crippen LogP) is 3.40. The van der Waals surface area contributed by atoms with Gasteiger partial charge in [-0.1, -0.05) is 0 Å². The van der Waals surface area contributed by atoms with Gasteiger partial charge in [-0.05, 0) is 12.2 Å². The van der Waals surface area contributed by atoms with Crippen molar-refractivity contribution >= 4 is 17.3 Å². The molecule has 0 unspecified atom stereocenters. The zero-order valence-electron chi connectivity index (χ0n) is 9.14. The van der Waals surface area contributed by atoms with Gasteiger partial charge in [-0.25, -0.2) is 0 Å². The fourth-order valence-corrected chi connectivity index (χ4v) is 1.11. The normalized spacial score (nSPS) is 13.9. The Morgan fingerprint density at radius 1 is 0.762 bits per heavy atom. The van der Waals surface area contributed by atoms with E-state index in [1.54, 1.807) is 0 Å². The van der Waals surface area contributed by atoms with E-state index in [-0.39, 0.29) is 0 Å². The molecule has 0 aromatic heterocycles. The number of thiocarbonyl (C=S) groups is 1. The molecule has 0 atom stereocenters. The van der Waals surface area contributed by atoms with Gasteiger partial charge in [0.2, 0.25) is 0 Å². The summed E-state index contributed by atoms with van der Waals surface area (Å²) in [6, 6.07) is 0. The molecule has 0 aliphatic heterocycles. The number of allylic oxidation sites excluding steroid dienone is 2. The average Bonchev–Trinajstić information content (AvgIpc) is 2.08. The first-order valence-corrected chi connectivity index (χ1v) is 4.73. The fourth-order valence-electron chi connectivity index (χ4n) is 1.01. The molecule has 0 aliphatic carbocycles. The van der Waals surface area contributed by atoms with Crippen LogP contribution in [0.25, 0.3) is 0 Å². The molecule has 21 heavy (non-hydrogen) atoms. The number of hydrogen-bond acceptors (Lipinski definition) is 1. The van der Waals surface area contributed by atoms with E-state index in [2.05, 4.69) is 18.0 Å². The number of rotatable bonds is 2. The molecule has 0 aromatic carbocycles. The van der Waals surface area contributed by atoms with Gasteiger partial charge < -0.3 is 11.1 Å². The third-order valence-electron chi connectivity index (χ3n) is 1.74. The van der Waals surface area contributed by atoms with E-state index in [4.69, 9.17) is 0 Å². The topological polar surface area (TPSA) is 38.0 Å². The SMILES string of the molecule is NC(=S)NC(=C(C(F)(F)F)C(F)(F)F)C(F)(F)C(F)(F)F. The highest BCUT2D eigenvalue weighted by Crippen LogP contribution is 2.48. The number of nitrogens with two attached hydrogens (primary N) is 1. The van der Waals surface area contributed by atoms with Gasteiger partial charge >= 0.3 is 24.5 Å². The minimum atomic E-state index is -6.75. The van der Waals surface area contributed by atoms with Crippen LogP contribution < -0.4 is 11.1 Å². The summed E-state index contributed by atoms with van der Waals surface area (Å²) in [5, 5.41) is -1.22. The van der Waals surface area contributed by atoms with Gasteiger partial charge in [-0.3, -0.25) is 0 Å². The highest BCUT2D eigenvalue weighted by molar-refractivity contribution is 7.80. The number of halogens is 11. The molecule has 0 radical (unpaired) electrons. The number of hydrogen-bond donors (Lipinski definition) is 2. The minimum Gasteiger partial charge on any atom is -0.376 e. The van der Waals surface area contributed by atoms with E-state index < -0.39 is 40.8 Å². The first-order valence-electron chi connectivity index (χ1n) is 4.32.